The molecule has 4 rings (SSSR count). The van der Waals surface area contributed by atoms with Gasteiger partial charge in [-0.1, -0.05) is 12.1 Å². The maximum absolute atomic E-state index is 14.2. The predicted octanol–water partition coefficient (Wildman–Crippen LogP) is 6.57. The molecule has 1 aliphatic heterocycles. The summed E-state index contributed by atoms with van der Waals surface area (Å²) in [5.41, 5.74) is -10.9. The van der Waals surface area contributed by atoms with Gasteiger partial charge in [0.2, 0.25) is 5.89 Å². The number of hydrogen-bond acceptors (Lipinski definition) is 8. The number of likely N-dealkylation sites (tertiary alicyclic amines) is 1. The summed E-state index contributed by atoms with van der Waals surface area (Å²) in [6.45, 7) is 3.02. The molecule has 42 heavy (non-hydrogen) atoms. The molecule has 1 aliphatic rings. The van der Waals surface area contributed by atoms with Crippen molar-refractivity contribution in [2.45, 2.75) is 75.7 Å². The molecule has 1 atom stereocenters. The first-order chi connectivity index (χ1) is 19.0. The van der Waals surface area contributed by atoms with Crippen LogP contribution in [0.25, 0.3) is 21.3 Å². The van der Waals surface area contributed by atoms with Gasteiger partial charge in [-0.25, -0.2) is 22.5 Å². The van der Waals surface area contributed by atoms with Gasteiger partial charge in [-0.05, 0) is 26.8 Å². The second kappa shape index (κ2) is 10.4. The Morgan fingerprint density at radius 1 is 1.07 bits per heavy atom. The first-order valence-corrected chi connectivity index (χ1v) is 12.8. The standard InChI is InChI=1S/C24H22F10N4O3S/c1-10-7-21(27,28)9-38(10)8-14-15(42-18(35-14)17-36-37-19(41-17)20(2,3)39)12-5-4-11(6-13(12)16(25)26)22(40,23(29,30)31)24(32,33)34/h4-6,10,16,39-40H,7-9H2,1-3H3/t10-/m0/s1. The van der Waals surface area contributed by atoms with E-state index in [2.05, 4.69) is 15.2 Å². The first kappa shape index (κ1) is 32.1. The summed E-state index contributed by atoms with van der Waals surface area (Å²) >= 11 is 0.587. The van der Waals surface area contributed by atoms with Crippen molar-refractivity contribution in [2.24, 2.45) is 0 Å². The van der Waals surface area contributed by atoms with E-state index in [1.807, 2.05) is 0 Å². The van der Waals surface area contributed by atoms with Crippen molar-refractivity contribution < 1.29 is 58.5 Å². The molecule has 0 amide bonds. The summed E-state index contributed by atoms with van der Waals surface area (Å²) in [4.78, 5) is 5.32. The quantitative estimate of drug-likeness (QED) is 0.284. The lowest BCUT2D eigenvalue weighted by molar-refractivity contribution is -0.376. The Morgan fingerprint density at radius 2 is 1.69 bits per heavy atom. The summed E-state index contributed by atoms with van der Waals surface area (Å²) in [6, 6.07) is -0.0563. The maximum atomic E-state index is 14.2. The normalized spacial score (nSPS) is 18.8. The van der Waals surface area contributed by atoms with E-state index in [0.717, 1.165) is 0 Å². The fraction of sp³-hybridized carbons (Fsp3) is 0.542. The van der Waals surface area contributed by atoms with Crippen LogP contribution in [0.1, 0.15) is 56.3 Å². The van der Waals surface area contributed by atoms with Gasteiger partial charge < -0.3 is 14.6 Å². The van der Waals surface area contributed by atoms with Crippen molar-refractivity contribution in [1.29, 1.82) is 0 Å². The smallest absolute Gasteiger partial charge is 0.415 e. The molecule has 0 unspecified atom stereocenters. The van der Waals surface area contributed by atoms with Crippen LogP contribution in [0.4, 0.5) is 43.9 Å². The average molecular weight is 637 g/mol. The van der Waals surface area contributed by atoms with Crippen LogP contribution in [0.5, 0.6) is 0 Å². The second-order valence-electron chi connectivity index (χ2n) is 10.4. The fourth-order valence-corrected chi connectivity index (χ4v) is 5.51. The Balaban J connectivity index is 1.89. The number of nitrogens with zero attached hydrogens (tertiary/aromatic N) is 4. The summed E-state index contributed by atoms with van der Waals surface area (Å²) in [7, 11) is 0. The molecule has 0 spiro atoms. The number of benzene rings is 1. The molecule has 0 radical (unpaired) electrons. The van der Waals surface area contributed by atoms with Gasteiger partial charge >= 0.3 is 12.4 Å². The van der Waals surface area contributed by atoms with E-state index < -0.39 is 71.6 Å². The van der Waals surface area contributed by atoms with Gasteiger partial charge in [-0.3, -0.25) is 4.90 Å². The van der Waals surface area contributed by atoms with E-state index in [0.29, 0.717) is 17.4 Å². The van der Waals surface area contributed by atoms with Crippen LogP contribution in [0.2, 0.25) is 0 Å². The Labute approximate surface area is 234 Å². The van der Waals surface area contributed by atoms with Crippen LogP contribution < -0.4 is 0 Å². The molecule has 232 valence electrons. The number of thiazole rings is 1. The van der Waals surface area contributed by atoms with Gasteiger partial charge in [0, 0.05) is 35.7 Å². The molecule has 2 aromatic heterocycles. The Morgan fingerprint density at radius 3 is 2.17 bits per heavy atom. The van der Waals surface area contributed by atoms with E-state index in [9.17, 15) is 54.1 Å². The van der Waals surface area contributed by atoms with E-state index >= 15 is 0 Å². The monoisotopic (exact) mass is 636 g/mol. The van der Waals surface area contributed by atoms with Crippen molar-refractivity contribution in [2.75, 3.05) is 6.54 Å². The lowest BCUT2D eigenvalue weighted by Gasteiger charge is -2.33. The SMILES string of the molecule is C[C@H]1CC(F)(F)CN1Cc1nc(-c2nnc(C(C)(C)O)o2)sc1-c1ccc(C(O)(C(F)(F)F)C(F)(F)F)cc1C(F)F. The molecule has 18 heteroatoms. The van der Waals surface area contributed by atoms with Crippen molar-refractivity contribution in [3.63, 3.8) is 0 Å². The van der Waals surface area contributed by atoms with Gasteiger partial charge in [-0.2, -0.15) is 26.3 Å². The number of alkyl halides is 10. The van der Waals surface area contributed by atoms with E-state index in [4.69, 9.17) is 4.42 Å². The molecule has 3 heterocycles. The predicted molar refractivity (Wildman–Crippen MR) is 126 cm³/mol. The number of aliphatic hydroxyl groups is 2. The summed E-state index contributed by atoms with van der Waals surface area (Å²) in [6.07, 6.45) is -16.8. The highest BCUT2D eigenvalue weighted by atomic mass is 32.1. The third-order valence-corrected chi connectivity index (χ3v) is 7.72. The molecule has 0 bridgehead atoms. The van der Waals surface area contributed by atoms with Crippen LogP contribution in [0, 0.1) is 0 Å². The maximum Gasteiger partial charge on any atom is 0.430 e. The molecule has 1 fully saturated rings. The number of halogens is 10. The van der Waals surface area contributed by atoms with Crippen molar-refractivity contribution in [1.82, 2.24) is 20.1 Å². The van der Waals surface area contributed by atoms with Crippen LogP contribution in [-0.4, -0.2) is 61.2 Å². The van der Waals surface area contributed by atoms with Crippen LogP contribution in [0.15, 0.2) is 22.6 Å². The Bertz CT molecular complexity index is 1430. The van der Waals surface area contributed by atoms with Gasteiger partial charge in [0.15, 0.2) is 5.01 Å². The average Bonchev–Trinajstić information content (AvgIpc) is 3.53. The first-order valence-electron chi connectivity index (χ1n) is 12.0. The zero-order valence-corrected chi connectivity index (χ0v) is 22.6. The van der Waals surface area contributed by atoms with Gasteiger partial charge in [0.05, 0.1) is 17.1 Å². The topological polar surface area (TPSA) is 95.5 Å². The molecule has 3 aromatic rings. The molecule has 0 saturated carbocycles. The minimum absolute atomic E-state index is 0.101. The molecular weight excluding hydrogens is 614 g/mol. The summed E-state index contributed by atoms with van der Waals surface area (Å²) in [5, 5.41) is 27.1. The highest BCUT2D eigenvalue weighted by Gasteiger charge is 2.71. The fourth-order valence-electron chi connectivity index (χ4n) is 4.46. The Kier molecular flexibility index (Phi) is 7.96. The van der Waals surface area contributed by atoms with Crippen LogP contribution in [-0.2, 0) is 17.7 Å². The molecule has 1 aromatic carbocycles. The highest BCUT2D eigenvalue weighted by molar-refractivity contribution is 7.18. The molecule has 1 saturated heterocycles. The van der Waals surface area contributed by atoms with Crippen LogP contribution in [0.3, 0.4) is 0 Å². The molecule has 2 N–H and O–H groups in total. The van der Waals surface area contributed by atoms with Gasteiger partial charge in [-0.15, -0.1) is 21.5 Å². The minimum atomic E-state index is -6.32. The number of aromatic nitrogens is 3. The largest absolute Gasteiger partial charge is 0.430 e. The van der Waals surface area contributed by atoms with E-state index in [1.165, 1.54) is 25.7 Å². The third-order valence-electron chi connectivity index (χ3n) is 6.60. The lowest BCUT2D eigenvalue weighted by atomic mass is 9.89. The summed E-state index contributed by atoms with van der Waals surface area (Å²) < 4.78 is 143. The van der Waals surface area contributed by atoms with Crippen LogP contribution >= 0.6 is 11.3 Å². The zero-order chi connectivity index (χ0) is 31.6. The number of hydrogen-bond donors (Lipinski definition) is 2. The highest BCUT2D eigenvalue weighted by Crippen LogP contribution is 2.51. The third kappa shape index (κ3) is 5.85. The van der Waals surface area contributed by atoms with Crippen molar-refractivity contribution in [3.8, 4) is 21.3 Å². The van der Waals surface area contributed by atoms with Crippen molar-refractivity contribution in [3.05, 3.63) is 40.9 Å². The van der Waals surface area contributed by atoms with Crippen molar-refractivity contribution >= 4 is 11.3 Å². The summed E-state index contributed by atoms with van der Waals surface area (Å²) in [5.74, 6) is -3.66. The molecule has 0 aliphatic carbocycles. The Hall–Kier alpha value is -2.83. The molecule has 7 nitrogen and oxygen atoms in total. The zero-order valence-electron chi connectivity index (χ0n) is 21.8. The second-order valence-corrected chi connectivity index (χ2v) is 11.4. The van der Waals surface area contributed by atoms with Gasteiger partial charge in [0.25, 0.3) is 23.8 Å². The lowest BCUT2D eigenvalue weighted by Crippen LogP contribution is -2.54. The van der Waals surface area contributed by atoms with E-state index in [-0.39, 0.29) is 46.0 Å². The minimum Gasteiger partial charge on any atom is -0.415 e. The van der Waals surface area contributed by atoms with E-state index in [1.54, 1.807) is 0 Å². The van der Waals surface area contributed by atoms with Gasteiger partial charge in [0.1, 0.15) is 5.60 Å². The number of rotatable bonds is 7. The molecular formula is C24H22F10N4O3S.